The molecule has 3 heterocycles. The fraction of sp³-hybridized carbons (Fsp3) is 0.357. The van der Waals surface area contributed by atoms with Gasteiger partial charge < -0.3 is 32.1 Å². The van der Waals surface area contributed by atoms with E-state index in [1.165, 1.54) is 11.3 Å². The summed E-state index contributed by atoms with van der Waals surface area (Å²) in [5.74, 6) is 0.415. The first-order valence-electron chi connectivity index (χ1n) is 12.9. The molecule has 4 aromatic rings. The number of hydrogen-bond donors (Lipinski definition) is 5. The first-order valence-corrected chi connectivity index (χ1v) is 13.7. The lowest BCUT2D eigenvalue weighted by Crippen LogP contribution is -2.46. The molecule has 0 radical (unpaired) electrons. The number of aliphatic hydroxyl groups is 1. The van der Waals surface area contributed by atoms with Gasteiger partial charge in [-0.25, -0.2) is 4.98 Å². The van der Waals surface area contributed by atoms with Gasteiger partial charge in [0, 0.05) is 42.1 Å². The third-order valence-corrected chi connectivity index (χ3v) is 8.15. The maximum atomic E-state index is 11.8. The number of amides is 1. The average Bonchev–Trinajstić information content (AvgIpc) is 3.25. The van der Waals surface area contributed by atoms with Crippen molar-refractivity contribution in [2.24, 2.45) is 5.73 Å². The summed E-state index contributed by atoms with van der Waals surface area (Å²) in [7, 11) is 0. The van der Waals surface area contributed by atoms with E-state index in [0.717, 1.165) is 76.8 Å². The van der Waals surface area contributed by atoms with Gasteiger partial charge in [0.25, 0.3) is 5.91 Å². The smallest absolute Gasteiger partial charge is 0.260 e. The monoisotopic (exact) mass is 518 g/mol. The Kier molecular flexibility index (Phi) is 7.45. The van der Waals surface area contributed by atoms with Gasteiger partial charge in [0.2, 0.25) is 0 Å². The fourth-order valence-electron chi connectivity index (χ4n) is 5.17. The molecule has 1 aliphatic heterocycles. The summed E-state index contributed by atoms with van der Waals surface area (Å²) in [6, 6.07) is 16.6. The van der Waals surface area contributed by atoms with Crippen molar-refractivity contribution in [3.63, 3.8) is 0 Å². The van der Waals surface area contributed by atoms with Crippen LogP contribution in [-0.4, -0.2) is 47.9 Å². The zero-order valence-corrected chi connectivity index (χ0v) is 21.9. The minimum absolute atomic E-state index is 0.318. The van der Waals surface area contributed by atoms with Crippen molar-refractivity contribution in [3.8, 4) is 0 Å². The Bertz CT molecular complexity index is 1410. The van der Waals surface area contributed by atoms with E-state index in [1.807, 2.05) is 24.3 Å². The third kappa shape index (κ3) is 5.34. The van der Waals surface area contributed by atoms with Gasteiger partial charge in [-0.05, 0) is 42.3 Å². The molecule has 9 heteroatoms. The van der Waals surface area contributed by atoms with Crippen LogP contribution in [0.3, 0.4) is 0 Å². The molecule has 2 aromatic carbocycles. The average molecular weight is 519 g/mol. The van der Waals surface area contributed by atoms with Crippen LogP contribution in [0.2, 0.25) is 0 Å². The second kappa shape index (κ2) is 10.9. The molecule has 1 fully saturated rings. The van der Waals surface area contributed by atoms with Crippen molar-refractivity contribution in [2.75, 3.05) is 35.6 Å². The van der Waals surface area contributed by atoms with E-state index in [4.69, 9.17) is 16.5 Å². The molecule has 7 N–H and O–H groups in total. The van der Waals surface area contributed by atoms with Crippen LogP contribution in [0.25, 0.3) is 21.0 Å². The van der Waals surface area contributed by atoms with Crippen molar-refractivity contribution >= 4 is 55.4 Å². The van der Waals surface area contributed by atoms with Gasteiger partial charge in [0.1, 0.15) is 21.8 Å². The van der Waals surface area contributed by atoms with E-state index in [0.29, 0.717) is 23.2 Å². The van der Waals surface area contributed by atoms with Crippen LogP contribution in [0.4, 0.5) is 17.2 Å². The number of fused-ring (bicyclic) bond motifs is 2. The number of thiophene rings is 1. The standard InChI is InChI=1S/C28H34N6O2S/c1-2-6-18-15-22(33-28-24(18)25(29)26(37-28)27(30)36)34-13-11-19(12-14-34)31-16-23(35)32-21-10-5-8-17-7-3-4-9-20(17)21/h3-5,7-10,15,19,23,31-32,35H,2,6,11-14,16,29H2,1H3,(H2,30,36). The minimum Gasteiger partial charge on any atom is -0.397 e. The van der Waals surface area contributed by atoms with Gasteiger partial charge >= 0.3 is 0 Å². The number of piperidine rings is 1. The van der Waals surface area contributed by atoms with Crippen molar-refractivity contribution < 1.29 is 9.90 Å². The number of nitrogens with one attached hydrogen (secondary N) is 2. The molecule has 1 amide bonds. The highest BCUT2D eigenvalue weighted by Crippen LogP contribution is 2.37. The Labute approximate surface area is 220 Å². The van der Waals surface area contributed by atoms with Crippen LogP contribution in [0, 0.1) is 0 Å². The lowest BCUT2D eigenvalue weighted by molar-refractivity contribution is 0.100. The Morgan fingerprint density at radius 3 is 2.73 bits per heavy atom. The number of hydrogen-bond acceptors (Lipinski definition) is 8. The third-order valence-electron chi connectivity index (χ3n) is 7.04. The number of nitrogens with zero attached hydrogens (tertiary/aromatic N) is 2. The highest BCUT2D eigenvalue weighted by atomic mass is 32.1. The summed E-state index contributed by atoms with van der Waals surface area (Å²) in [6.45, 7) is 4.31. The number of pyridine rings is 1. The number of anilines is 3. The first-order chi connectivity index (χ1) is 17.9. The maximum Gasteiger partial charge on any atom is 0.260 e. The second-order valence-corrected chi connectivity index (χ2v) is 10.6. The predicted octanol–water partition coefficient (Wildman–Crippen LogP) is 4.07. The van der Waals surface area contributed by atoms with E-state index in [9.17, 15) is 9.90 Å². The number of aromatic nitrogens is 1. The Morgan fingerprint density at radius 1 is 1.22 bits per heavy atom. The topological polar surface area (TPSA) is 130 Å². The molecule has 1 aliphatic rings. The highest BCUT2D eigenvalue weighted by molar-refractivity contribution is 7.21. The van der Waals surface area contributed by atoms with E-state index < -0.39 is 12.1 Å². The molecule has 1 saturated heterocycles. The van der Waals surface area contributed by atoms with Crippen LogP contribution in [-0.2, 0) is 6.42 Å². The van der Waals surface area contributed by atoms with Crippen molar-refractivity contribution in [1.29, 1.82) is 0 Å². The number of carbonyl (C=O) groups is 1. The van der Waals surface area contributed by atoms with Crippen molar-refractivity contribution in [2.45, 2.75) is 44.9 Å². The quantitative estimate of drug-likeness (QED) is 0.211. The SMILES string of the molecule is CCCc1cc(N2CCC(NCC(O)Nc3cccc4ccccc34)CC2)nc2sc(C(N)=O)c(N)c12. The number of carbonyl (C=O) groups excluding carboxylic acids is 1. The van der Waals surface area contributed by atoms with Crippen LogP contribution >= 0.6 is 11.3 Å². The number of nitrogen functional groups attached to an aromatic ring is 1. The van der Waals surface area contributed by atoms with Gasteiger partial charge in [-0.2, -0.15) is 0 Å². The normalized spacial score (nSPS) is 15.4. The second-order valence-electron chi connectivity index (χ2n) is 9.64. The van der Waals surface area contributed by atoms with Crippen LogP contribution in [0.15, 0.2) is 48.5 Å². The number of aliphatic hydroxyl groups excluding tert-OH is 1. The van der Waals surface area contributed by atoms with Crippen LogP contribution < -0.4 is 27.0 Å². The summed E-state index contributed by atoms with van der Waals surface area (Å²) >= 11 is 1.28. The zero-order chi connectivity index (χ0) is 25.9. The van der Waals surface area contributed by atoms with Gasteiger partial charge in [-0.3, -0.25) is 4.79 Å². The number of aryl methyl sites for hydroxylation is 1. The Balaban J connectivity index is 1.20. The number of rotatable bonds is 9. The molecule has 1 unspecified atom stereocenters. The molecule has 8 nitrogen and oxygen atoms in total. The molecular weight excluding hydrogens is 484 g/mol. The highest BCUT2D eigenvalue weighted by Gasteiger charge is 2.24. The van der Waals surface area contributed by atoms with E-state index in [1.54, 1.807) is 0 Å². The molecule has 2 aromatic heterocycles. The summed E-state index contributed by atoms with van der Waals surface area (Å²) in [5, 5.41) is 20.5. The number of benzene rings is 2. The Morgan fingerprint density at radius 2 is 1.97 bits per heavy atom. The summed E-state index contributed by atoms with van der Waals surface area (Å²) in [4.78, 5) is 20.2. The molecule has 1 atom stereocenters. The van der Waals surface area contributed by atoms with Gasteiger partial charge in [-0.1, -0.05) is 49.7 Å². The molecule has 0 saturated carbocycles. The molecule has 0 spiro atoms. The maximum absolute atomic E-state index is 11.8. The summed E-state index contributed by atoms with van der Waals surface area (Å²) < 4.78 is 0. The van der Waals surface area contributed by atoms with E-state index in [2.05, 4.69) is 46.7 Å². The molecular formula is C28H34N6O2S. The van der Waals surface area contributed by atoms with Gasteiger partial charge in [0.15, 0.2) is 0 Å². The van der Waals surface area contributed by atoms with Crippen LogP contribution in [0.1, 0.15) is 41.4 Å². The molecule has 194 valence electrons. The molecule has 0 aliphatic carbocycles. The van der Waals surface area contributed by atoms with Gasteiger partial charge in [-0.15, -0.1) is 11.3 Å². The lowest BCUT2D eigenvalue weighted by atomic mass is 10.0. The number of nitrogens with two attached hydrogens (primary N) is 2. The molecule has 0 bridgehead atoms. The largest absolute Gasteiger partial charge is 0.397 e. The predicted molar refractivity (Wildman–Crippen MR) is 153 cm³/mol. The van der Waals surface area contributed by atoms with E-state index >= 15 is 0 Å². The zero-order valence-electron chi connectivity index (χ0n) is 21.0. The summed E-state index contributed by atoms with van der Waals surface area (Å²) in [6.07, 6.45) is 3.05. The number of primary amides is 1. The minimum atomic E-state index is -0.687. The van der Waals surface area contributed by atoms with Gasteiger partial charge in [0.05, 0.1) is 5.69 Å². The fourth-order valence-corrected chi connectivity index (χ4v) is 6.16. The van der Waals surface area contributed by atoms with E-state index in [-0.39, 0.29) is 0 Å². The Hall–Kier alpha value is -3.40. The van der Waals surface area contributed by atoms with Crippen LogP contribution in [0.5, 0.6) is 0 Å². The molecule has 5 rings (SSSR count). The first kappa shape index (κ1) is 25.3. The lowest BCUT2D eigenvalue weighted by Gasteiger charge is -2.34. The van der Waals surface area contributed by atoms with Crippen molar-refractivity contribution in [3.05, 3.63) is 59.0 Å². The summed E-state index contributed by atoms with van der Waals surface area (Å²) in [5.41, 5.74) is 14.3. The van der Waals surface area contributed by atoms with Crippen molar-refractivity contribution in [1.82, 2.24) is 10.3 Å². The molecule has 37 heavy (non-hydrogen) atoms.